The van der Waals surface area contributed by atoms with Gasteiger partial charge in [-0.3, -0.25) is 0 Å². The molecule has 0 radical (unpaired) electrons. The largest absolute Gasteiger partial charge is 0.396 e. The first-order valence-corrected chi connectivity index (χ1v) is 14.0. The van der Waals surface area contributed by atoms with Crippen LogP contribution in [0.5, 0.6) is 0 Å². The minimum absolute atomic E-state index is 0.374. The molecule has 0 saturated heterocycles. The Balaban J connectivity index is 3.79. The Labute approximate surface area is 185 Å². The van der Waals surface area contributed by atoms with E-state index in [1.165, 1.54) is 148 Å². The number of hydrogen-bond acceptors (Lipinski definition) is 1. The van der Waals surface area contributed by atoms with E-state index >= 15 is 0 Å². The van der Waals surface area contributed by atoms with Crippen LogP contribution in [0, 0.1) is 5.92 Å². The topological polar surface area (TPSA) is 20.2 Å². The molecule has 0 aliphatic carbocycles. The molecule has 0 fully saturated rings. The molecule has 1 nitrogen and oxygen atoms in total. The first kappa shape index (κ1) is 29.0. The molecule has 0 aliphatic heterocycles. The van der Waals surface area contributed by atoms with Gasteiger partial charge in [-0.2, -0.15) is 0 Å². The van der Waals surface area contributed by atoms with Gasteiger partial charge in [-0.05, 0) is 12.3 Å². The second kappa shape index (κ2) is 26.0. The Morgan fingerprint density at radius 1 is 0.379 bits per heavy atom. The molecule has 0 aromatic rings. The van der Waals surface area contributed by atoms with Crippen LogP contribution in [-0.4, -0.2) is 11.7 Å². The molecule has 176 valence electrons. The van der Waals surface area contributed by atoms with Crippen LogP contribution in [0.3, 0.4) is 0 Å². The van der Waals surface area contributed by atoms with Crippen molar-refractivity contribution in [2.45, 2.75) is 168 Å². The van der Waals surface area contributed by atoms with Gasteiger partial charge in [-0.25, -0.2) is 0 Å². The van der Waals surface area contributed by atoms with Crippen molar-refractivity contribution in [3.63, 3.8) is 0 Å². The Bertz CT molecular complexity index is 255. The molecule has 1 N–H and O–H groups in total. The molecule has 0 rings (SSSR count). The van der Waals surface area contributed by atoms with E-state index in [0.717, 1.165) is 12.3 Å². The van der Waals surface area contributed by atoms with E-state index in [4.69, 9.17) is 5.11 Å². The van der Waals surface area contributed by atoms with Gasteiger partial charge in [0.2, 0.25) is 0 Å². The molecule has 0 heterocycles. The third-order valence-electron chi connectivity index (χ3n) is 6.70. The highest BCUT2D eigenvalue weighted by Crippen LogP contribution is 2.25. The van der Waals surface area contributed by atoms with E-state index in [2.05, 4.69) is 13.8 Å². The minimum Gasteiger partial charge on any atom is -0.396 e. The lowest BCUT2D eigenvalue weighted by Gasteiger charge is -2.17. The Kier molecular flexibility index (Phi) is 26.0. The van der Waals surface area contributed by atoms with Crippen molar-refractivity contribution < 1.29 is 5.11 Å². The molecule has 1 atom stereocenters. The second-order valence-electron chi connectivity index (χ2n) is 9.67. The highest BCUT2D eigenvalue weighted by atomic mass is 16.2. The van der Waals surface area contributed by atoms with Crippen molar-refractivity contribution in [2.24, 2.45) is 5.92 Å². The first-order chi connectivity index (χ1) is 14.3. The molecule has 0 aliphatic rings. The van der Waals surface area contributed by atoms with Crippen molar-refractivity contribution >= 4 is 0 Å². The maximum absolute atomic E-state index is 8.85. The summed E-state index contributed by atoms with van der Waals surface area (Å²) in [5.74, 6) is 1.01. The number of unbranched alkanes of at least 4 members (excludes halogenated alkanes) is 18. The summed E-state index contributed by atoms with van der Waals surface area (Å²) in [6.45, 7) is 4.99. The highest BCUT2D eigenvalue weighted by molar-refractivity contribution is 4.62. The van der Waals surface area contributed by atoms with E-state index in [9.17, 15) is 0 Å². The van der Waals surface area contributed by atoms with Crippen LogP contribution >= 0.6 is 0 Å². The summed E-state index contributed by atoms with van der Waals surface area (Å²) in [4.78, 5) is 0. The molecule has 1 heteroatoms. The van der Waals surface area contributed by atoms with Crippen LogP contribution < -0.4 is 0 Å². The van der Waals surface area contributed by atoms with Gasteiger partial charge < -0.3 is 5.11 Å². The van der Waals surface area contributed by atoms with Gasteiger partial charge in [-0.1, -0.05) is 162 Å². The molecular weight excluding hydrogens is 352 g/mol. The lowest BCUT2D eigenvalue weighted by molar-refractivity contribution is 0.282. The summed E-state index contributed by atoms with van der Waals surface area (Å²) < 4.78 is 0. The lowest BCUT2D eigenvalue weighted by Crippen LogP contribution is -2.01. The summed E-state index contributed by atoms with van der Waals surface area (Å²) in [7, 11) is 0. The maximum Gasteiger partial charge on any atom is 0.0431 e. The molecule has 1 unspecified atom stereocenters. The lowest BCUT2D eigenvalue weighted by atomic mass is 9.89. The number of aliphatic hydroxyl groups is 1. The summed E-state index contributed by atoms with van der Waals surface area (Å²) in [6.07, 6.45) is 34.0. The van der Waals surface area contributed by atoms with E-state index < -0.39 is 0 Å². The number of hydrogen-bond donors (Lipinski definition) is 1. The Morgan fingerprint density at radius 3 is 0.966 bits per heavy atom. The van der Waals surface area contributed by atoms with E-state index in [1.54, 1.807) is 0 Å². The quantitative estimate of drug-likeness (QED) is 0.148. The fourth-order valence-corrected chi connectivity index (χ4v) is 4.64. The highest BCUT2D eigenvalue weighted by Gasteiger charge is 2.08. The van der Waals surface area contributed by atoms with Crippen molar-refractivity contribution in [1.29, 1.82) is 0 Å². The molecule has 0 bridgehead atoms. The van der Waals surface area contributed by atoms with Crippen molar-refractivity contribution in [3.8, 4) is 0 Å². The zero-order valence-electron chi connectivity index (χ0n) is 20.7. The fourth-order valence-electron chi connectivity index (χ4n) is 4.64. The summed E-state index contributed by atoms with van der Waals surface area (Å²) >= 11 is 0. The zero-order chi connectivity index (χ0) is 21.3. The molecule has 0 amide bonds. The summed E-state index contributed by atoms with van der Waals surface area (Å²) in [6, 6.07) is 0. The molecule has 29 heavy (non-hydrogen) atoms. The zero-order valence-corrected chi connectivity index (χ0v) is 20.7. The summed E-state index contributed by atoms with van der Waals surface area (Å²) in [5.41, 5.74) is 0. The van der Waals surface area contributed by atoms with Crippen molar-refractivity contribution in [3.05, 3.63) is 0 Å². The van der Waals surface area contributed by atoms with Crippen molar-refractivity contribution in [2.75, 3.05) is 6.61 Å². The molecule has 0 spiro atoms. The van der Waals surface area contributed by atoms with Crippen LogP contribution in [0.1, 0.15) is 168 Å². The van der Waals surface area contributed by atoms with E-state index in [-0.39, 0.29) is 0 Å². The molecule has 0 aromatic heterocycles. The smallest absolute Gasteiger partial charge is 0.0431 e. The van der Waals surface area contributed by atoms with Gasteiger partial charge in [0.1, 0.15) is 0 Å². The fraction of sp³-hybridized carbons (Fsp3) is 1.00. The van der Waals surface area contributed by atoms with Gasteiger partial charge in [-0.15, -0.1) is 0 Å². The van der Waals surface area contributed by atoms with Crippen LogP contribution in [0.2, 0.25) is 0 Å². The molecule has 0 saturated carbocycles. The summed E-state index contributed by atoms with van der Waals surface area (Å²) in [5, 5.41) is 8.85. The van der Waals surface area contributed by atoms with Crippen LogP contribution in [-0.2, 0) is 0 Å². The minimum atomic E-state index is 0.374. The van der Waals surface area contributed by atoms with Gasteiger partial charge in [0.15, 0.2) is 0 Å². The van der Waals surface area contributed by atoms with Gasteiger partial charge in [0, 0.05) is 6.61 Å². The SMILES string of the molecule is CCCCCCCCCCC(CCCCCCCC)CCCCCCCCCO. The standard InChI is InChI=1S/C28H58O/c1-3-5-7-9-11-13-17-21-25-28(24-20-16-10-8-6-4-2)26-22-18-14-12-15-19-23-27-29/h28-29H,3-27H2,1-2H3. The van der Waals surface area contributed by atoms with Gasteiger partial charge >= 0.3 is 0 Å². The molecule has 0 aromatic carbocycles. The van der Waals surface area contributed by atoms with E-state index in [1.807, 2.05) is 0 Å². The van der Waals surface area contributed by atoms with Gasteiger partial charge in [0.05, 0.1) is 0 Å². The molecular formula is C28H58O. The van der Waals surface area contributed by atoms with Gasteiger partial charge in [0.25, 0.3) is 0 Å². The van der Waals surface area contributed by atoms with Crippen LogP contribution in [0.15, 0.2) is 0 Å². The first-order valence-electron chi connectivity index (χ1n) is 14.0. The Morgan fingerprint density at radius 2 is 0.655 bits per heavy atom. The second-order valence-corrected chi connectivity index (χ2v) is 9.67. The van der Waals surface area contributed by atoms with Crippen LogP contribution in [0.25, 0.3) is 0 Å². The predicted molar refractivity (Wildman–Crippen MR) is 133 cm³/mol. The number of aliphatic hydroxyl groups excluding tert-OH is 1. The normalized spacial score (nSPS) is 12.5. The monoisotopic (exact) mass is 410 g/mol. The average molecular weight is 411 g/mol. The Hall–Kier alpha value is -0.0400. The third-order valence-corrected chi connectivity index (χ3v) is 6.70. The predicted octanol–water partition coefficient (Wildman–Crippen LogP) is 10.00. The maximum atomic E-state index is 8.85. The average Bonchev–Trinajstić information content (AvgIpc) is 2.73. The number of rotatable bonds is 25. The van der Waals surface area contributed by atoms with Crippen LogP contribution in [0.4, 0.5) is 0 Å². The third kappa shape index (κ3) is 24.1. The van der Waals surface area contributed by atoms with E-state index in [0.29, 0.717) is 6.61 Å². The van der Waals surface area contributed by atoms with Crippen molar-refractivity contribution in [1.82, 2.24) is 0 Å².